The lowest BCUT2D eigenvalue weighted by Gasteiger charge is -2.16. The van der Waals surface area contributed by atoms with Crippen LogP contribution in [-0.4, -0.2) is 50.4 Å². The van der Waals surface area contributed by atoms with Crippen LogP contribution in [0.3, 0.4) is 0 Å². The second kappa shape index (κ2) is 5.83. The van der Waals surface area contributed by atoms with Crippen molar-refractivity contribution in [3.63, 3.8) is 0 Å². The smallest absolute Gasteiger partial charge is 0.253 e. The Labute approximate surface area is 119 Å². The van der Waals surface area contributed by atoms with Crippen LogP contribution in [0.5, 0.6) is 5.75 Å². The minimum Gasteiger partial charge on any atom is -0.494 e. The number of amides is 1. The van der Waals surface area contributed by atoms with Crippen LogP contribution in [0.1, 0.15) is 23.7 Å². The number of likely N-dealkylation sites (tertiary alicyclic amines) is 1. The Morgan fingerprint density at radius 3 is 2.50 bits per heavy atom. The minimum atomic E-state index is -3.08. The number of carbonyl (C=O) groups is 1. The lowest BCUT2D eigenvalue weighted by molar-refractivity contribution is 0.0793. The number of nitrogens with zero attached hydrogens (tertiary/aromatic N) is 1. The maximum Gasteiger partial charge on any atom is 0.253 e. The third kappa shape index (κ3) is 3.30. The van der Waals surface area contributed by atoms with E-state index < -0.39 is 15.1 Å². The normalized spacial score (nSPS) is 19.1. The zero-order valence-electron chi connectivity index (χ0n) is 11.7. The van der Waals surface area contributed by atoms with Crippen molar-refractivity contribution in [3.8, 4) is 5.75 Å². The van der Waals surface area contributed by atoms with E-state index in [4.69, 9.17) is 4.74 Å². The fourth-order valence-electron chi connectivity index (χ4n) is 2.31. The van der Waals surface area contributed by atoms with Gasteiger partial charge in [-0.2, -0.15) is 0 Å². The summed E-state index contributed by atoms with van der Waals surface area (Å²) in [5.74, 6) is 0.596. The topological polar surface area (TPSA) is 63.7 Å². The molecule has 0 unspecified atom stereocenters. The van der Waals surface area contributed by atoms with E-state index in [1.165, 1.54) is 6.26 Å². The van der Waals surface area contributed by atoms with E-state index in [1.54, 1.807) is 29.2 Å². The van der Waals surface area contributed by atoms with E-state index in [0.29, 0.717) is 25.1 Å². The zero-order valence-corrected chi connectivity index (χ0v) is 12.5. The first-order chi connectivity index (χ1) is 9.41. The van der Waals surface area contributed by atoms with Crippen LogP contribution in [0.25, 0.3) is 0 Å². The number of benzene rings is 1. The maximum atomic E-state index is 12.3. The van der Waals surface area contributed by atoms with Crippen LogP contribution >= 0.6 is 0 Å². The second-order valence-electron chi connectivity index (χ2n) is 4.95. The summed E-state index contributed by atoms with van der Waals surface area (Å²) in [5.41, 5.74) is 0.558. The van der Waals surface area contributed by atoms with Crippen molar-refractivity contribution in [3.05, 3.63) is 29.8 Å². The van der Waals surface area contributed by atoms with Crippen molar-refractivity contribution in [2.24, 2.45) is 0 Å². The Morgan fingerprint density at radius 1 is 1.35 bits per heavy atom. The highest BCUT2D eigenvalue weighted by molar-refractivity contribution is 7.91. The minimum absolute atomic E-state index is 0.126. The molecule has 5 nitrogen and oxygen atoms in total. The van der Waals surface area contributed by atoms with Crippen molar-refractivity contribution in [2.45, 2.75) is 18.6 Å². The zero-order chi connectivity index (χ0) is 14.8. The SMILES string of the molecule is CCOc1ccc(C(=O)N2CC[C@@H](S(C)(=O)=O)C2)cc1. The molecule has 1 saturated heterocycles. The Kier molecular flexibility index (Phi) is 4.32. The average molecular weight is 297 g/mol. The summed E-state index contributed by atoms with van der Waals surface area (Å²) in [6, 6.07) is 6.92. The van der Waals surface area contributed by atoms with Crippen LogP contribution in [0, 0.1) is 0 Å². The van der Waals surface area contributed by atoms with Crippen molar-refractivity contribution in [1.29, 1.82) is 0 Å². The molecular weight excluding hydrogens is 278 g/mol. The molecule has 0 N–H and O–H groups in total. The molecule has 2 rings (SSSR count). The predicted molar refractivity (Wildman–Crippen MR) is 76.8 cm³/mol. The third-order valence-corrected chi connectivity index (χ3v) is 5.05. The van der Waals surface area contributed by atoms with Gasteiger partial charge < -0.3 is 9.64 Å². The molecular formula is C14H19NO4S. The Hall–Kier alpha value is -1.56. The summed E-state index contributed by atoms with van der Waals surface area (Å²) in [7, 11) is -3.08. The molecule has 1 aliphatic rings. The number of hydrogen-bond donors (Lipinski definition) is 0. The highest BCUT2D eigenvalue weighted by Gasteiger charge is 2.32. The third-order valence-electron chi connectivity index (χ3n) is 3.45. The van der Waals surface area contributed by atoms with E-state index in [9.17, 15) is 13.2 Å². The summed E-state index contributed by atoms with van der Waals surface area (Å²) >= 11 is 0. The van der Waals surface area contributed by atoms with Crippen molar-refractivity contribution < 1.29 is 17.9 Å². The van der Waals surface area contributed by atoms with Crippen LogP contribution in [-0.2, 0) is 9.84 Å². The fourth-order valence-corrected chi connectivity index (χ4v) is 3.29. The van der Waals surface area contributed by atoms with Gasteiger partial charge in [0, 0.05) is 24.9 Å². The molecule has 0 radical (unpaired) electrons. The van der Waals surface area contributed by atoms with E-state index in [2.05, 4.69) is 0 Å². The molecule has 20 heavy (non-hydrogen) atoms. The maximum absolute atomic E-state index is 12.3. The highest BCUT2D eigenvalue weighted by atomic mass is 32.2. The van der Waals surface area contributed by atoms with Crippen LogP contribution in [0.15, 0.2) is 24.3 Å². The first-order valence-corrected chi connectivity index (χ1v) is 8.58. The van der Waals surface area contributed by atoms with Gasteiger partial charge in [-0.1, -0.05) is 0 Å². The standard InChI is InChI=1S/C14H19NO4S/c1-3-19-12-6-4-11(5-7-12)14(16)15-9-8-13(10-15)20(2,17)18/h4-7,13H,3,8-10H2,1-2H3/t13-/m1/s1. The monoisotopic (exact) mass is 297 g/mol. The molecule has 1 heterocycles. The molecule has 1 fully saturated rings. The Balaban J connectivity index is 2.05. The van der Waals surface area contributed by atoms with Crippen molar-refractivity contribution in [2.75, 3.05) is 26.0 Å². The quantitative estimate of drug-likeness (QED) is 0.841. The predicted octanol–water partition coefficient (Wildman–Crippen LogP) is 1.34. The average Bonchev–Trinajstić information content (AvgIpc) is 2.89. The summed E-state index contributed by atoms with van der Waals surface area (Å²) in [5, 5.41) is -0.436. The van der Waals surface area contributed by atoms with Crippen LogP contribution in [0.4, 0.5) is 0 Å². The van der Waals surface area contributed by atoms with Crippen LogP contribution in [0.2, 0.25) is 0 Å². The lowest BCUT2D eigenvalue weighted by atomic mass is 10.2. The molecule has 1 atom stereocenters. The van der Waals surface area contributed by atoms with Gasteiger partial charge in [0.25, 0.3) is 5.91 Å². The first-order valence-electron chi connectivity index (χ1n) is 6.63. The molecule has 6 heteroatoms. The number of hydrogen-bond acceptors (Lipinski definition) is 4. The van der Waals surface area contributed by atoms with Gasteiger partial charge >= 0.3 is 0 Å². The molecule has 110 valence electrons. The van der Waals surface area contributed by atoms with Gasteiger partial charge in [-0.3, -0.25) is 4.79 Å². The fraction of sp³-hybridized carbons (Fsp3) is 0.500. The number of carbonyl (C=O) groups excluding carboxylic acids is 1. The van der Waals surface area contributed by atoms with Crippen molar-refractivity contribution >= 4 is 15.7 Å². The van der Waals surface area contributed by atoms with Gasteiger partial charge in [-0.05, 0) is 37.6 Å². The van der Waals surface area contributed by atoms with Gasteiger partial charge in [0.1, 0.15) is 5.75 Å². The molecule has 0 aromatic heterocycles. The molecule has 1 aromatic rings. The van der Waals surface area contributed by atoms with E-state index in [1.807, 2.05) is 6.92 Å². The van der Waals surface area contributed by atoms with Gasteiger partial charge in [0.2, 0.25) is 0 Å². The van der Waals surface area contributed by atoms with E-state index >= 15 is 0 Å². The second-order valence-corrected chi connectivity index (χ2v) is 7.27. The summed E-state index contributed by atoms with van der Waals surface area (Å²) < 4.78 is 28.3. The van der Waals surface area contributed by atoms with Gasteiger partial charge in [0.15, 0.2) is 9.84 Å². The molecule has 0 saturated carbocycles. The summed E-state index contributed by atoms with van der Waals surface area (Å²) in [6.45, 7) is 3.25. The van der Waals surface area contributed by atoms with Crippen molar-refractivity contribution in [1.82, 2.24) is 4.90 Å². The van der Waals surface area contributed by atoms with Gasteiger partial charge in [-0.15, -0.1) is 0 Å². The molecule has 1 aliphatic heterocycles. The van der Waals surface area contributed by atoms with Gasteiger partial charge in [-0.25, -0.2) is 8.42 Å². The Morgan fingerprint density at radius 2 is 2.00 bits per heavy atom. The highest BCUT2D eigenvalue weighted by Crippen LogP contribution is 2.20. The molecule has 0 bridgehead atoms. The van der Waals surface area contributed by atoms with Gasteiger partial charge in [0.05, 0.1) is 11.9 Å². The summed E-state index contributed by atoms with van der Waals surface area (Å²) in [4.78, 5) is 13.9. The number of rotatable bonds is 4. The molecule has 1 aromatic carbocycles. The van der Waals surface area contributed by atoms with E-state index in [-0.39, 0.29) is 12.5 Å². The first kappa shape index (κ1) is 14.8. The van der Waals surface area contributed by atoms with Crippen LogP contribution < -0.4 is 4.74 Å². The largest absolute Gasteiger partial charge is 0.494 e. The molecule has 0 spiro atoms. The number of ether oxygens (including phenoxy) is 1. The molecule has 1 amide bonds. The Bertz CT molecular complexity index is 580. The summed E-state index contributed by atoms with van der Waals surface area (Å²) in [6.07, 6.45) is 1.74. The van der Waals surface area contributed by atoms with E-state index in [0.717, 1.165) is 5.75 Å². The molecule has 0 aliphatic carbocycles. The lowest BCUT2D eigenvalue weighted by Crippen LogP contribution is -2.31. The number of sulfone groups is 1.